The van der Waals surface area contributed by atoms with Gasteiger partial charge in [-0.2, -0.15) is 0 Å². The molecule has 0 aliphatic rings. The molecule has 3 aromatic heterocycles. The first-order valence-corrected chi connectivity index (χ1v) is 9.31. The lowest BCUT2D eigenvalue weighted by atomic mass is 10.2. The first-order valence-electron chi connectivity index (χ1n) is 7.67. The normalized spacial score (nSPS) is 12.6. The smallest absolute Gasteiger partial charge is 0.396 e. The van der Waals surface area contributed by atoms with E-state index in [1.54, 1.807) is 16.5 Å². The number of para-hydroxylation sites is 2. The highest BCUT2D eigenvalue weighted by Gasteiger charge is 2.13. The average Bonchev–Trinajstić information content (AvgIpc) is 3.26. The molecule has 0 amide bonds. The van der Waals surface area contributed by atoms with Crippen LogP contribution in [0.3, 0.4) is 0 Å². The summed E-state index contributed by atoms with van der Waals surface area (Å²) in [6, 6.07) is 11.1. The Labute approximate surface area is 153 Å². The van der Waals surface area contributed by atoms with E-state index in [1.807, 2.05) is 30.3 Å². The van der Waals surface area contributed by atoms with Crippen LogP contribution in [0.15, 0.2) is 50.4 Å². The lowest BCUT2D eigenvalue weighted by molar-refractivity contribution is 0.408. The minimum absolute atomic E-state index is 0.113. The first kappa shape index (κ1) is 15.3. The van der Waals surface area contributed by atoms with Crippen LogP contribution in [-0.2, 0) is 0 Å². The van der Waals surface area contributed by atoms with Crippen LogP contribution >= 0.6 is 22.7 Å². The summed E-state index contributed by atoms with van der Waals surface area (Å²) in [6.45, 7) is 0. The Balaban J connectivity index is 1.78. The highest BCUT2D eigenvalue weighted by Crippen LogP contribution is 2.29. The molecule has 0 fully saturated rings. The maximum absolute atomic E-state index is 12.8. The molecule has 0 unspecified atom stereocenters. The zero-order valence-corrected chi connectivity index (χ0v) is 15.0. The lowest BCUT2D eigenvalue weighted by Crippen LogP contribution is -2.22. The Hall–Kier alpha value is -2.97. The van der Waals surface area contributed by atoms with E-state index < -0.39 is 0 Å². The molecular formula is C18H10N2O4S2. The summed E-state index contributed by atoms with van der Waals surface area (Å²) in [6.07, 6.45) is 1.78. The number of rotatable bonds is 2. The summed E-state index contributed by atoms with van der Waals surface area (Å²) in [5.41, 5.74) is 2.67. The van der Waals surface area contributed by atoms with E-state index in [0.29, 0.717) is 25.5 Å². The first-order chi connectivity index (χ1) is 12.6. The highest BCUT2D eigenvalue weighted by atomic mass is 32.1. The van der Waals surface area contributed by atoms with Crippen molar-refractivity contribution in [2.45, 2.75) is 0 Å². The molecule has 0 aliphatic carbocycles. The summed E-state index contributed by atoms with van der Waals surface area (Å²) >= 11 is 2.33. The molecule has 3 heterocycles. The summed E-state index contributed by atoms with van der Waals surface area (Å²) < 4.78 is 13.3. The molecule has 128 valence electrons. The van der Waals surface area contributed by atoms with E-state index in [4.69, 9.17) is 9.15 Å². The van der Waals surface area contributed by atoms with Crippen molar-refractivity contribution in [3.8, 4) is 5.75 Å². The van der Waals surface area contributed by atoms with Crippen molar-refractivity contribution >= 4 is 55.0 Å². The van der Waals surface area contributed by atoms with Gasteiger partial charge in [0.15, 0.2) is 16.3 Å². The maximum Gasteiger partial charge on any atom is 0.396 e. The maximum atomic E-state index is 12.8. The average molecular weight is 382 g/mol. The van der Waals surface area contributed by atoms with Crippen molar-refractivity contribution in [2.75, 3.05) is 7.11 Å². The molecule has 0 atom stereocenters. The number of hydrogen-bond donors (Lipinski definition) is 0. The van der Waals surface area contributed by atoms with Gasteiger partial charge in [-0.1, -0.05) is 34.8 Å². The van der Waals surface area contributed by atoms with Gasteiger partial charge in [-0.3, -0.25) is 4.79 Å². The lowest BCUT2D eigenvalue weighted by Gasteiger charge is -2.01. The predicted molar refractivity (Wildman–Crippen MR) is 103 cm³/mol. The number of fused-ring (bicyclic) bond motifs is 4. The molecule has 0 spiro atoms. The Morgan fingerprint density at radius 1 is 1.19 bits per heavy atom. The quantitative estimate of drug-likeness (QED) is 0.469. The topological polar surface area (TPSA) is 73.8 Å². The van der Waals surface area contributed by atoms with Gasteiger partial charge >= 0.3 is 4.94 Å². The molecule has 2 aromatic carbocycles. The van der Waals surface area contributed by atoms with Crippen molar-refractivity contribution in [1.29, 1.82) is 0 Å². The Morgan fingerprint density at radius 2 is 2.04 bits per heavy atom. The van der Waals surface area contributed by atoms with Crippen LogP contribution in [0, 0.1) is 0 Å². The van der Waals surface area contributed by atoms with Gasteiger partial charge in [-0.15, -0.1) is 0 Å². The Kier molecular flexibility index (Phi) is 3.25. The number of ether oxygens (including phenoxy) is 1. The molecule has 6 nitrogen and oxygen atoms in total. The third-order valence-corrected chi connectivity index (χ3v) is 5.83. The molecule has 0 saturated heterocycles. The van der Waals surface area contributed by atoms with E-state index in [0.717, 1.165) is 27.9 Å². The fourth-order valence-corrected chi connectivity index (χ4v) is 4.69. The van der Waals surface area contributed by atoms with Crippen LogP contribution in [0.4, 0.5) is 0 Å². The molecule has 5 rings (SSSR count). The minimum Gasteiger partial charge on any atom is -0.493 e. The molecule has 0 saturated carbocycles. The molecule has 0 bridgehead atoms. The molecule has 0 aliphatic heterocycles. The van der Waals surface area contributed by atoms with E-state index >= 15 is 0 Å². The van der Waals surface area contributed by atoms with Gasteiger partial charge in [0.05, 0.1) is 27.4 Å². The molecule has 0 N–H and O–H groups in total. The zero-order chi connectivity index (χ0) is 17.8. The minimum atomic E-state index is -0.388. The highest BCUT2D eigenvalue weighted by molar-refractivity contribution is 7.16. The Bertz CT molecular complexity index is 1470. The number of nitrogens with zero attached hydrogens (tertiary/aromatic N) is 2. The monoisotopic (exact) mass is 382 g/mol. The largest absolute Gasteiger partial charge is 0.493 e. The molecule has 26 heavy (non-hydrogen) atoms. The molecule has 0 radical (unpaired) electrons. The van der Waals surface area contributed by atoms with Gasteiger partial charge in [0.2, 0.25) is 0 Å². The van der Waals surface area contributed by atoms with E-state index in [2.05, 4.69) is 4.98 Å². The van der Waals surface area contributed by atoms with Crippen molar-refractivity contribution in [3.05, 3.63) is 66.6 Å². The van der Waals surface area contributed by atoms with Crippen molar-refractivity contribution in [2.24, 2.45) is 0 Å². The van der Waals surface area contributed by atoms with Crippen LogP contribution in [0.5, 0.6) is 5.75 Å². The van der Waals surface area contributed by atoms with Crippen LogP contribution in [-0.4, -0.2) is 16.5 Å². The van der Waals surface area contributed by atoms with Gasteiger partial charge in [-0.05, 0) is 35.9 Å². The summed E-state index contributed by atoms with van der Waals surface area (Å²) in [4.78, 5) is 29.1. The molecular weight excluding hydrogens is 372 g/mol. The number of hydrogen-bond acceptors (Lipinski definition) is 7. The van der Waals surface area contributed by atoms with Gasteiger partial charge < -0.3 is 9.15 Å². The zero-order valence-electron chi connectivity index (χ0n) is 13.4. The number of imidazole rings is 1. The van der Waals surface area contributed by atoms with E-state index in [-0.39, 0.29) is 10.5 Å². The van der Waals surface area contributed by atoms with E-state index in [9.17, 15) is 9.59 Å². The van der Waals surface area contributed by atoms with Crippen molar-refractivity contribution in [3.63, 3.8) is 0 Å². The Morgan fingerprint density at radius 3 is 2.88 bits per heavy atom. The fourth-order valence-electron chi connectivity index (χ4n) is 2.97. The van der Waals surface area contributed by atoms with Crippen LogP contribution in [0.2, 0.25) is 0 Å². The van der Waals surface area contributed by atoms with Gasteiger partial charge in [-0.25, -0.2) is 14.2 Å². The number of aromatic nitrogens is 2. The van der Waals surface area contributed by atoms with Gasteiger partial charge in [0, 0.05) is 0 Å². The second-order valence-electron chi connectivity index (χ2n) is 5.64. The third kappa shape index (κ3) is 2.19. The van der Waals surface area contributed by atoms with Crippen LogP contribution in [0.1, 0.15) is 5.56 Å². The second-order valence-corrected chi connectivity index (χ2v) is 7.63. The fraction of sp³-hybridized carbons (Fsp3) is 0.0556. The predicted octanol–water partition coefficient (Wildman–Crippen LogP) is 2.63. The van der Waals surface area contributed by atoms with Crippen molar-refractivity contribution in [1.82, 2.24) is 9.38 Å². The van der Waals surface area contributed by atoms with Crippen LogP contribution in [0.25, 0.3) is 32.4 Å². The summed E-state index contributed by atoms with van der Waals surface area (Å²) in [5.74, 6) is 0.464. The summed E-state index contributed by atoms with van der Waals surface area (Å²) in [7, 11) is 1.51. The van der Waals surface area contributed by atoms with Crippen LogP contribution < -0.4 is 19.8 Å². The molecule has 5 aromatic rings. The summed E-state index contributed by atoms with van der Waals surface area (Å²) in [5, 5.41) is 0. The third-order valence-electron chi connectivity index (χ3n) is 4.08. The second kappa shape index (κ2) is 5.52. The van der Waals surface area contributed by atoms with Gasteiger partial charge in [0.1, 0.15) is 0 Å². The number of benzene rings is 2. The number of thiazole rings is 1. The SMILES string of the molecule is COc1cc(/C=c2\sc3nc4ccccc4n3c2=O)cc2sc(=O)oc12. The van der Waals surface area contributed by atoms with E-state index in [1.165, 1.54) is 18.4 Å². The molecule has 8 heteroatoms. The van der Waals surface area contributed by atoms with Crippen molar-refractivity contribution < 1.29 is 9.15 Å². The number of methoxy groups -OCH3 is 1. The standard InChI is InChI=1S/C18H10N2O4S2/c1-23-12-6-9(7-13-15(12)24-18(22)26-13)8-14-16(21)20-11-5-3-2-4-10(11)19-17(20)25-14/h2-8H,1H3/b14-8-. The van der Waals surface area contributed by atoms with Gasteiger partial charge in [0.25, 0.3) is 5.56 Å².